The van der Waals surface area contributed by atoms with E-state index < -0.39 is 6.61 Å². The number of ketones is 1. The quantitative estimate of drug-likeness (QED) is 0.578. The molecule has 2 nitrogen and oxygen atoms in total. The highest BCUT2D eigenvalue weighted by Crippen LogP contribution is 2.33. The first-order chi connectivity index (χ1) is 6.93. The number of hydrogen-bond donors (Lipinski definition) is 0. The van der Waals surface area contributed by atoms with Crippen LogP contribution in [-0.2, 0) is 0 Å². The minimum absolute atomic E-state index is 0.0764. The standard InChI is InChI=1S/C9H6BrF2IO2/c1-4(14)7-5(10)2-3-6(13)8(7)15-9(11)12/h2-3,9H,1H3. The molecule has 0 saturated heterocycles. The van der Waals surface area contributed by atoms with Crippen LogP contribution in [-0.4, -0.2) is 12.4 Å². The van der Waals surface area contributed by atoms with Crippen molar-refractivity contribution in [3.05, 3.63) is 25.7 Å². The second-order valence-corrected chi connectivity index (χ2v) is 4.68. The Balaban J connectivity index is 3.31. The Kier molecular flexibility index (Phi) is 4.45. The van der Waals surface area contributed by atoms with Gasteiger partial charge in [0.2, 0.25) is 0 Å². The minimum Gasteiger partial charge on any atom is -0.433 e. The summed E-state index contributed by atoms with van der Waals surface area (Å²) in [6.45, 7) is -1.64. The van der Waals surface area contributed by atoms with E-state index in [4.69, 9.17) is 0 Å². The van der Waals surface area contributed by atoms with Crippen LogP contribution in [0.3, 0.4) is 0 Å². The normalized spacial score (nSPS) is 10.5. The summed E-state index contributed by atoms with van der Waals surface area (Å²) < 4.78 is 29.5. The summed E-state index contributed by atoms with van der Waals surface area (Å²) in [5.41, 5.74) is 0.141. The molecule has 0 amide bonds. The molecule has 0 atom stereocenters. The maximum absolute atomic E-state index is 12.1. The molecule has 0 spiro atoms. The van der Waals surface area contributed by atoms with Crippen molar-refractivity contribution in [3.8, 4) is 5.75 Å². The molecule has 1 rings (SSSR count). The average Bonchev–Trinajstić information content (AvgIpc) is 2.10. The van der Waals surface area contributed by atoms with Crippen LogP contribution in [0.1, 0.15) is 17.3 Å². The lowest BCUT2D eigenvalue weighted by molar-refractivity contribution is -0.0507. The largest absolute Gasteiger partial charge is 0.433 e. The number of benzene rings is 1. The van der Waals surface area contributed by atoms with E-state index >= 15 is 0 Å². The molecule has 0 unspecified atom stereocenters. The summed E-state index contributed by atoms with van der Waals surface area (Å²) in [4.78, 5) is 11.3. The highest BCUT2D eigenvalue weighted by Gasteiger charge is 2.19. The van der Waals surface area contributed by atoms with Crippen molar-refractivity contribution in [2.75, 3.05) is 0 Å². The number of ether oxygens (including phenoxy) is 1. The summed E-state index contributed by atoms with van der Waals surface area (Å²) in [5, 5.41) is 0. The Morgan fingerprint density at radius 3 is 2.60 bits per heavy atom. The lowest BCUT2D eigenvalue weighted by atomic mass is 10.1. The van der Waals surface area contributed by atoms with Crippen LogP contribution in [0.15, 0.2) is 16.6 Å². The maximum Gasteiger partial charge on any atom is 0.387 e. The Bertz CT molecular complexity index is 396. The Morgan fingerprint density at radius 2 is 2.13 bits per heavy atom. The number of alkyl halides is 2. The van der Waals surface area contributed by atoms with Gasteiger partial charge in [0.05, 0.1) is 9.13 Å². The van der Waals surface area contributed by atoms with Gasteiger partial charge >= 0.3 is 6.61 Å². The molecule has 0 aliphatic heterocycles. The third kappa shape index (κ3) is 3.10. The molecule has 0 aliphatic rings. The van der Waals surface area contributed by atoms with Crippen LogP contribution in [0.25, 0.3) is 0 Å². The van der Waals surface area contributed by atoms with Crippen molar-refractivity contribution in [1.82, 2.24) is 0 Å². The zero-order chi connectivity index (χ0) is 11.6. The van der Waals surface area contributed by atoms with Crippen LogP contribution < -0.4 is 4.74 Å². The molecule has 82 valence electrons. The van der Waals surface area contributed by atoms with E-state index in [-0.39, 0.29) is 17.1 Å². The van der Waals surface area contributed by atoms with Crippen molar-refractivity contribution in [2.45, 2.75) is 13.5 Å². The predicted octanol–water partition coefficient (Wildman–Crippen LogP) is 3.86. The lowest BCUT2D eigenvalue weighted by Crippen LogP contribution is -2.08. The van der Waals surface area contributed by atoms with E-state index in [9.17, 15) is 13.6 Å². The van der Waals surface area contributed by atoms with E-state index in [2.05, 4.69) is 20.7 Å². The van der Waals surface area contributed by atoms with Gasteiger partial charge in [0.25, 0.3) is 0 Å². The minimum atomic E-state index is -2.94. The zero-order valence-corrected chi connectivity index (χ0v) is 11.3. The molecule has 15 heavy (non-hydrogen) atoms. The fourth-order valence-corrected chi connectivity index (χ4v) is 2.23. The van der Waals surface area contributed by atoms with Crippen LogP contribution >= 0.6 is 38.5 Å². The van der Waals surface area contributed by atoms with E-state index in [1.807, 2.05) is 22.6 Å². The SMILES string of the molecule is CC(=O)c1c(Br)ccc(I)c1OC(F)F. The molecular formula is C9H6BrF2IO2. The molecule has 0 fully saturated rings. The Hall–Kier alpha value is -0.240. The topological polar surface area (TPSA) is 26.3 Å². The lowest BCUT2D eigenvalue weighted by Gasteiger charge is -2.12. The van der Waals surface area contributed by atoms with Gasteiger partial charge in [-0.1, -0.05) is 0 Å². The molecule has 0 heterocycles. The number of carbonyl (C=O) groups is 1. The summed E-state index contributed by atoms with van der Waals surface area (Å²) in [5.74, 6) is -0.400. The van der Waals surface area contributed by atoms with Gasteiger partial charge in [0.1, 0.15) is 0 Å². The highest BCUT2D eigenvalue weighted by molar-refractivity contribution is 14.1. The van der Waals surface area contributed by atoms with Gasteiger partial charge in [0, 0.05) is 4.47 Å². The maximum atomic E-state index is 12.1. The van der Waals surface area contributed by atoms with Gasteiger partial charge in [0.15, 0.2) is 11.5 Å². The fourth-order valence-electron chi connectivity index (χ4n) is 1.07. The van der Waals surface area contributed by atoms with Crippen molar-refractivity contribution in [2.24, 2.45) is 0 Å². The van der Waals surface area contributed by atoms with E-state index in [1.165, 1.54) is 6.92 Å². The Morgan fingerprint density at radius 1 is 1.53 bits per heavy atom. The van der Waals surface area contributed by atoms with Crippen molar-refractivity contribution in [1.29, 1.82) is 0 Å². The van der Waals surface area contributed by atoms with Crippen LogP contribution in [0, 0.1) is 3.57 Å². The van der Waals surface area contributed by atoms with Crippen LogP contribution in [0.4, 0.5) is 8.78 Å². The fraction of sp³-hybridized carbons (Fsp3) is 0.222. The zero-order valence-electron chi connectivity index (χ0n) is 7.56. The third-order valence-electron chi connectivity index (χ3n) is 1.62. The highest BCUT2D eigenvalue weighted by atomic mass is 127. The number of hydrogen-bond acceptors (Lipinski definition) is 2. The van der Waals surface area contributed by atoms with E-state index in [0.717, 1.165) is 0 Å². The summed E-state index contributed by atoms with van der Waals surface area (Å²) >= 11 is 4.96. The smallest absolute Gasteiger partial charge is 0.387 e. The Labute approximate surface area is 107 Å². The predicted molar refractivity (Wildman–Crippen MR) is 63.5 cm³/mol. The second kappa shape index (κ2) is 5.20. The second-order valence-electron chi connectivity index (χ2n) is 2.67. The first-order valence-corrected chi connectivity index (χ1v) is 5.74. The average molecular weight is 391 g/mol. The molecule has 6 heteroatoms. The van der Waals surface area contributed by atoms with E-state index in [0.29, 0.717) is 8.04 Å². The first kappa shape index (κ1) is 12.8. The summed E-state index contributed by atoms with van der Waals surface area (Å²) in [7, 11) is 0. The van der Waals surface area contributed by atoms with Gasteiger partial charge in [-0.25, -0.2) is 0 Å². The monoisotopic (exact) mass is 390 g/mol. The van der Waals surface area contributed by atoms with Crippen LogP contribution in [0.2, 0.25) is 0 Å². The molecule has 1 aromatic rings. The molecule has 0 N–H and O–H groups in total. The van der Waals surface area contributed by atoms with Gasteiger partial charge in [-0.15, -0.1) is 0 Å². The molecule has 0 aromatic heterocycles. The van der Waals surface area contributed by atoms with Gasteiger partial charge in [-0.05, 0) is 57.6 Å². The number of rotatable bonds is 3. The van der Waals surface area contributed by atoms with Gasteiger partial charge in [-0.3, -0.25) is 4.79 Å². The number of carbonyl (C=O) groups excluding carboxylic acids is 1. The van der Waals surface area contributed by atoms with E-state index in [1.54, 1.807) is 12.1 Å². The molecule has 1 aromatic carbocycles. The number of halogens is 4. The van der Waals surface area contributed by atoms with Crippen LogP contribution in [0.5, 0.6) is 5.75 Å². The van der Waals surface area contributed by atoms with Gasteiger partial charge < -0.3 is 4.74 Å². The molecule has 0 saturated carbocycles. The molecule has 0 radical (unpaired) electrons. The van der Waals surface area contributed by atoms with Crippen molar-refractivity contribution in [3.63, 3.8) is 0 Å². The van der Waals surface area contributed by atoms with Gasteiger partial charge in [-0.2, -0.15) is 8.78 Å². The summed E-state index contributed by atoms with van der Waals surface area (Å²) in [6, 6.07) is 3.21. The first-order valence-electron chi connectivity index (χ1n) is 3.87. The number of Topliss-reactive ketones (excluding diaryl/α,β-unsaturated/α-hetero) is 1. The van der Waals surface area contributed by atoms with Crippen molar-refractivity contribution < 1.29 is 18.3 Å². The third-order valence-corrected chi connectivity index (χ3v) is 3.13. The molecular weight excluding hydrogens is 385 g/mol. The summed E-state index contributed by atoms with van der Waals surface area (Å²) in [6.07, 6.45) is 0. The molecule has 0 aliphatic carbocycles. The van der Waals surface area contributed by atoms with Crippen molar-refractivity contribution >= 4 is 44.3 Å². The molecule has 0 bridgehead atoms.